The molecule has 0 aromatic heterocycles. The molecular formula is C5H8ClIMg. The fourth-order valence-corrected chi connectivity index (χ4v) is 0.815. The van der Waals surface area contributed by atoms with Crippen LogP contribution in [-0.4, -0.2) is 19.3 Å². The molecule has 0 N–H and O–H groups in total. The van der Waals surface area contributed by atoms with Crippen LogP contribution in [0, 0.1) is 9.97 Å². The van der Waals surface area contributed by atoms with Crippen molar-refractivity contribution in [2.45, 2.75) is 19.8 Å². The van der Waals surface area contributed by atoms with Crippen molar-refractivity contribution in [2.24, 2.45) is 0 Å². The smallest absolute Gasteiger partial charge is 0.316 e. The minimum absolute atomic E-state index is 0. The van der Waals surface area contributed by atoms with Crippen molar-refractivity contribution in [1.82, 2.24) is 0 Å². The van der Waals surface area contributed by atoms with Crippen molar-refractivity contribution in [3.63, 3.8) is 0 Å². The first-order chi connectivity index (χ1) is 3.41. The molecule has 0 heterocycles. The third-order valence-corrected chi connectivity index (χ3v) is 1.35. The van der Waals surface area contributed by atoms with Gasteiger partial charge in [-0.3, -0.25) is 0 Å². The van der Waals surface area contributed by atoms with Crippen LogP contribution >= 0.6 is 33.0 Å². The zero-order valence-corrected chi connectivity index (χ0v) is 9.41. The maximum atomic E-state index is 5.40. The minimum Gasteiger partial charge on any atom is -0.316 e. The van der Waals surface area contributed by atoms with Gasteiger partial charge in [0.25, 0.3) is 0 Å². The van der Waals surface area contributed by atoms with Crippen molar-refractivity contribution >= 4 is 52.3 Å². The summed E-state index contributed by atoms with van der Waals surface area (Å²) < 4.78 is 2.90. The standard InChI is InChI=1S/C5H7.ClH.HI.Mg/c1-3-5-4-2;;;/h3,5H2,1H3;2*1H;/q;;;+1/p-1. The average molecular weight is 255 g/mol. The first-order valence-corrected chi connectivity index (χ1v) is 5.28. The van der Waals surface area contributed by atoms with Crippen molar-refractivity contribution in [1.29, 1.82) is 0 Å². The number of hydrogen-bond acceptors (Lipinski definition) is 0. The van der Waals surface area contributed by atoms with Gasteiger partial charge in [0.05, 0.1) is 0 Å². The lowest BCUT2D eigenvalue weighted by Crippen LogP contribution is -1.66. The molecule has 0 saturated carbocycles. The maximum absolute atomic E-state index is 5.40. The van der Waals surface area contributed by atoms with Crippen molar-refractivity contribution in [3.8, 4) is 9.97 Å². The van der Waals surface area contributed by atoms with Crippen molar-refractivity contribution in [2.75, 3.05) is 0 Å². The molecular weight excluding hydrogens is 247 g/mol. The zero-order chi connectivity index (χ0) is 5.54. The summed E-state index contributed by atoms with van der Waals surface area (Å²) in [7, 11) is 5.40. The molecule has 0 aromatic carbocycles. The van der Waals surface area contributed by atoms with E-state index < -0.39 is 19.3 Å². The van der Waals surface area contributed by atoms with Gasteiger partial charge in [0.1, 0.15) is 0 Å². The van der Waals surface area contributed by atoms with E-state index in [1.54, 1.807) is 0 Å². The molecule has 0 aliphatic carbocycles. The van der Waals surface area contributed by atoms with E-state index in [1.165, 1.54) is 0 Å². The molecule has 0 aromatic rings. The lowest BCUT2D eigenvalue weighted by molar-refractivity contribution is 0.984. The normalized spacial score (nSPS) is 5.25. The molecule has 0 unspecified atom stereocenters. The van der Waals surface area contributed by atoms with E-state index in [4.69, 9.17) is 9.07 Å². The van der Waals surface area contributed by atoms with Crippen LogP contribution in [0.4, 0.5) is 0 Å². The largest absolute Gasteiger partial charge is 0.598 e. The van der Waals surface area contributed by atoms with Gasteiger partial charge in [0.2, 0.25) is 0 Å². The Labute approximate surface area is 81.3 Å². The molecule has 0 spiro atoms. The summed E-state index contributed by atoms with van der Waals surface area (Å²) >= 11 is -0.495. The predicted molar refractivity (Wildman–Crippen MR) is 49.7 cm³/mol. The lowest BCUT2D eigenvalue weighted by Gasteiger charge is -1.73. The fraction of sp³-hybridized carbons (Fsp3) is 0.600. The monoisotopic (exact) mass is 254 g/mol. The van der Waals surface area contributed by atoms with Crippen LogP contribution in [-0.2, 0) is 0 Å². The second-order valence-electron chi connectivity index (χ2n) is 1.24. The fourth-order valence-electron chi connectivity index (χ4n) is 0.261. The molecule has 0 aliphatic rings. The number of rotatable bonds is 1. The van der Waals surface area contributed by atoms with E-state index in [1.807, 2.05) is 0 Å². The highest BCUT2D eigenvalue weighted by atomic mass is 127. The van der Waals surface area contributed by atoms with Gasteiger partial charge in [0.15, 0.2) is 0 Å². The summed E-state index contributed by atoms with van der Waals surface area (Å²) in [5.41, 5.74) is 0. The van der Waals surface area contributed by atoms with Gasteiger partial charge in [-0.05, 0) is 6.42 Å². The van der Waals surface area contributed by atoms with Gasteiger partial charge in [-0.2, -0.15) is 0 Å². The summed E-state index contributed by atoms with van der Waals surface area (Å²) in [5.74, 6) is 2.96. The van der Waals surface area contributed by atoms with Crippen LogP contribution < -0.4 is 0 Å². The van der Waals surface area contributed by atoms with Crippen LogP contribution in [0.2, 0.25) is 0 Å². The van der Waals surface area contributed by atoms with Gasteiger partial charge in [-0.1, -0.05) is 6.92 Å². The molecule has 0 rings (SSSR count). The summed E-state index contributed by atoms with van der Waals surface area (Å²) in [5, 5.41) is 0. The molecule has 0 fully saturated rings. The highest BCUT2D eigenvalue weighted by molar-refractivity contribution is 14.0. The van der Waals surface area contributed by atoms with Crippen LogP contribution in [0.25, 0.3) is 0 Å². The average Bonchev–Trinajstić information content (AvgIpc) is 1.69. The Balaban J connectivity index is 0. The Bertz CT molecular complexity index is 84.2. The Kier molecular flexibility index (Phi) is 16.9. The zero-order valence-electron chi connectivity index (χ0n) is 4.91. The predicted octanol–water partition coefficient (Wildman–Crippen LogP) is 2.22. The van der Waals surface area contributed by atoms with Gasteiger partial charge < -0.3 is 9.07 Å². The van der Waals surface area contributed by atoms with Crippen molar-refractivity contribution < 1.29 is 0 Å². The van der Waals surface area contributed by atoms with E-state index in [-0.39, 0.29) is 24.0 Å². The number of unbranched alkanes of at least 4 members (excludes halogenated alkanes) is 1. The highest BCUT2D eigenvalue weighted by Gasteiger charge is 1.74. The first kappa shape index (κ1) is 12.1. The summed E-state index contributed by atoms with van der Waals surface area (Å²) in [6.07, 6.45) is 2.16. The van der Waals surface area contributed by atoms with Crippen LogP contribution in [0.15, 0.2) is 0 Å². The van der Waals surface area contributed by atoms with Crippen LogP contribution in [0.5, 0.6) is 0 Å². The summed E-state index contributed by atoms with van der Waals surface area (Å²) in [6, 6.07) is 0. The molecule has 3 heteroatoms. The Hall–Kier alpha value is 1.35. The van der Waals surface area contributed by atoms with Gasteiger partial charge >= 0.3 is 19.3 Å². The number of hydrogen-bond donors (Lipinski definition) is 0. The van der Waals surface area contributed by atoms with Crippen LogP contribution in [0.3, 0.4) is 0 Å². The van der Waals surface area contributed by atoms with Gasteiger partial charge in [-0.15, -0.1) is 29.9 Å². The SMILES string of the molecule is CCCC#[C][Mg][Cl].I. The van der Waals surface area contributed by atoms with E-state index >= 15 is 0 Å². The van der Waals surface area contributed by atoms with Gasteiger partial charge in [0, 0.05) is 6.42 Å². The minimum atomic E-state index is -0.495. The molecule has 0 bridgehead atoms. The third-order valence-electron chi connectivity index (χ3n) is 0.567. The van der Waals surface area contributed by atoms with E-state index in [9.17, 15) is 0 Å². The Morgan fingerprint density at radius 1 is 1.62 bits per heavy atom. The summed E-state index contributed by atoms with van der Waals surface area (Å²) in [6.45, 7) is 2.12. The highest BCUT2D eigenvalue weighted by Crippen LogP contribution is 1.79. The van der Waals surface area contributed by atoms with E-state index in [0.717, 1.165) is 12.8 Å². The van der Waals surface area contributed by atoms with Gasteiger partial charge in [-0.25, -0.2) is 4.05 Å². The molecule has 0 aliphatic heterocycles. The molecule has 8 heavy (non-hydrogen) atoms. The Morgan fingerprint density at radius 2 is 2.25 bits per heavy atom. The molecule has 0 nitrogen and oxygen atoms in total. The number of halogens is 2. The first-order valence-electron chi connectivity index (χ1n) is 2.43. The maximum Gasteiger partial charge on any atom is 0.598 e. The second-order valence-corrected chi connectivity index (χ2v) is 2.66. The molecule has 0 radical (unpaired) electrons. The molecule has 0 saturated heterocycles. The van der Waals surface area contributed by atoms with Crippen molar-refractivity contribution in [3.05, 3.63) is 0 Å². The van der Waals surface area contributed by atoms with E-state index in [2.05, 4.69) is 16.9 Å². The Morgan fingerprint density at radius 3 is 2.62 bits per heavy atom. The molecule has 44 valence electrons. The van der Waals surface area contributed by atoms with E-state index in [0.29, 0.717) is 0 Å². The van der Waals surface area contributed by atoms with Crippen LogP contribution in [0.1, 0.15) is 19.8 Å². The quantitative estimate of drug-likeness (QED) is 0.382. The molecule has 0 amide bonds. The third kappa shape index (κ3) is 10.4. The lowest BCUT2D eigenvalue weighted by atomic mass is 10.4. The topological polar surface area (TPSA) is 0 Å². The second kappa shape index (κ2) is 11.2. The summed E-state index contributed by atoms with van der Waals surface area (Å²) in [4.78, 5) is 0. The molecule has 0 atom stereocenters.